The highest BCUT2D eigenvalue weighted by Crippen LogP contribution is 2.33. The van der Waals surface area contributed by atoms with Crippen LogP contribution in [-0.2, 0) is 0 Å². The molecule has 0 unspecified atom stereocenters. The van der Waals surface area contributed by atoms with Gasteiger partial charge in [0.25, 0.3) is 6.43 Å². The number of halogens is 2. The Bertz CT molecular complexity index is 569. The number of anilines is 1. The van der Waals surface area contributed by atoms with E-state index in [4.69, 9.17) is 0 Å². The Labute approximate surface area is 143 Å². The van der Waals surface area contributed by atoms with Gasteiger partial charge in [-0.15, -0.1) is 0 Å². The minimum atomic E-state index is -2.54. The number of thiol groups is 1. The molecular weight excluding hydrogens is 316 g/mol. The van der Waals surface area contributed by atoms with Gasteiger partial charge in [-0.3, -0.25) is 0 Å². The van der Waals surface area contributed by atoms with Crippen LogP contribution >= 0.6 is 12.8 Å². The zero-order valence-corrected chi connectivity index (χ0v) is 15.5. The molecule has 1 aromatic heterocycles. The molecule has 6 heteroatoms. The third kappa shape index (κ3) is 6.60. The van der Waals surface area contributed by atoms with E-state index in [1.807, 2.05) is 41.5 Å². The first-order valence-electron chi connectivity index (χ1n) is 7.90. The molecule has 23 heavy (non-hydrogen) atoms. The Hall–Kier alpha value is -1.56. The molecule has 0 saturated carbocycles. The molecule has 0 radical (unpaired) electrons. The summed E-state index contributed by atoms with van der Waals surface area (Å²) in [5.74, 6) is 0. The van der Waals surface area contributed by atoms with Crippen LogP contribution in [0.5, 0.6) is 0 Å². The number of alkyl halides is 2. The molecule has 130 valence electrons. The number of hydrogen-bond acceptors (Lipinski definition) is 3. The zero-order chi connectivity index (χ0) is 18.0. The summed E-state index contributed by atoms with van der Waals surface area (Å²) in [5.41, 5.74) is 1.78. The maximum Gasteiger partial charge on any atom is 0.264 e. The Morgan fingerprint density at radius 1 is 1.13 bits per heavy atom. The molecule has 0 fully saturated rings. The molecule has 0 bridgehead atoms. The monoisotopic (exact) mass is 343 g/mol. The summed E-state index contributed by atoms with van der Waals surface area (Å²) in [6, 6.07) is 5.14. The number of rotatable bonds is 4. The van der Waals surface area contributed by atoms with E-state index in [1.165, 1.54) is 16.4 Å². The molecule has 2 aromatic rings. The van der Waals surface area contributed by atoms with E-state index >= 15 is 0 Å². The van der Waals surface area contributed by atoms with Crippen molar-refractivity contribution >= 4 is 18.5 Å². The van der Waals surface area contributed by atoms with E-state index < -0.39 is 6.43 Å². The largest absolute Gasteiger partial charge is 0.383 e. The number of hydrogen-bond donors (Lipinski definition) is 2. The van der Waals surface area contributed by atoms with Crippen LogP contribution in [0.15, 0.2) is 30.6 Å². The van der Waals surface area contributed by atoms with E-state index in [-0.39, 0.29) is 11.6 Å². The summed E-state index contributed by atoms with van der Waals surface area (Å²) in [7, 11) is 0. The molecular formula is C17H27F2N3S. The smallest absolute Gasteiger partial charge is 0.264 e. The third-order valence-corrected chi connectivity index (χ3v) is 2.84. The zero-order valence-electron chi connectivity index (χ0n) is 14.6. The van der Waals surface area contributed by atoms with Gasteiger partial charge in [0.2, 0.25) is 0 Å². The second kappa shape index (κ2) is 11.0. The average molecular weight is 343 g/mol. The minimum absolute atomic E-state index is 0.00742. The second-order valence-electron chi connectivity index (χ2n) is 4.55. The second-order valence-corrected chi connectivity index (χ2v) is 4.96. The molecule has 0 amide bonds. The fourth-order valence-electron chi connectivity index (χ4n) is 1.88. The van der Waals surface area contributed by atoms with Crippen LogP contribution in [0, 0.1) is 0 Å². The number of benzene rings is 1. The van der Waals surface area contributed by atoms with Crippen LogP contribution < -0.4 is 5.32 Å². The lowest BCUT2D eigenvalue weighted by Gasteiger charge is -2.14. The van der Waals surface area contributed by atoms with Crippen molar-refractivity contribution in [3.8, 4) is 11.1 Å². The van der Waals surface area contributed by atoms with Gasteiger partial charge >= 0.3 is 0 Å². The van der Waals surface area contributed by atoms with Crippen LogP contribution in [-0.4, -0.2) is 15.2 Å². The molecule has 1 N–H and O–H groups in total. The van der Waals surface area contributed by atoms with E-state index in [0.717, 1.165) is 0 Å². The van der Waals surface area contributed by atoms with Gasteiger partial charge in [-0.25, -0.2) is 12.9 Å². The number of nitrogens with one attached hydrogen (secondary N) is 1. The van der Waals surface area contributed by atoms with Gasteiger partial charge in [0.15, 0.2) is 0 Å². The highest BCUT2D eigenvalue weighted by Gasteiger charge is 2.16. The Balaban J connectivity index is 0.00000112. The van der Waals surface area contributed by atoms with Crippen LogP contribution in [0.1, 0.15) is 53.5 Å². The molecule has 1 heterocycles. The van der Waals surface area contributed by atoms with Crippen molar-refractivity contribution < 1.29 is 8.78 Å². The van der Waals surface area contributed by atoms with Crippen molar-refractivity contribution in [3.63, 3.8) is 0 Å². The predicted octanol–water partition coefficient (Wildman–Crippen LogP) is 6.05. The number of aromatic nitrogens is 2. The van der Waals surface area contributed by atoms with Gasteiger partial charge in [-0.1, -0.05) is 33.8 Å². The van der Waals surface area contributed by atoms with Crippen molar-refractivity contribution in [1.82, 2.24) is 9.19 Å². The topological polar surface area (TPSA) is 29.9 Å². The van der Waals surface area contributed by atoms with Gasteiger partial charge in [0.1, 0.15) is 0 Å². The summed E-state index contributed by atoms with van der Waals surface area (Å²) < 4.78 is 27.6. The lowest BCUT2D eigenvalue weighted by Crippen LogP contribution is -2.10. The Morgan fingerprint density at radius 2 is 1.74 bits per heavy atom. The van der Waals surface area contributed by atoms with Gasteiger partial charge in [-0.05, 0) is 44.4 Å². The van der Waals surface area contributed by atoms with Crippen molar-refractivity contribution in [1.29, 1.82) is 0 Å². The highest BCUT2D eigenvalue weighted by atomic mass is 32.1. The Kier molecular flexibility index (Phi) is 10.3. The molecule has 0 aliphatic carbocycles. The van der Waals surface area contributed by atoms with Crippen LogP contribution in [0.25, 0.3) is 11.1 Å². The fraction of sp³-hybridized carbons (Fsp3) is 0.471. The van der Waals surface area contributed by atoms with E-state index in [2.05, 4.69) is 23.2 Å². The van der Waals surface area contributed by atoms with Gasteiger partial charge in [0.05, 0.1) is 6.20 Å². The van der Waals surface area contributed by atoms with Crippen molar-refractivity contribution in [2.24, 2.45) is 0 Å². The summed E-state index contributed by atoms with van der Waals surface area (Å²) in [4.78, 5) is 0. The molecule has 2 rings (SSSR count). The Morgan fingerprint density at radius 3 is 2.17 bits per heavy atom. The van der Waals surface area contributed by atoms with Gasteiger partial charge in [0, 0.05) is 29.1 Å². The van der Waals surface area contributed by atoms with E-state index in [1.54, 1.807) is 18.3 Å². The van der Waals surface area contributed by atoms with Crippen molar-refractivity contribution in [2.45, 2.75) is 54.0 Å². The molecule has 1 aromatic carbocycles. The van der Waals surface area contributed by atoms with Crippen LogP contribution in [0.3, 0.4) is 0 Å². The number of nitrogens with zero attached hydrogens (tertiary/aromatic N) is 2. The summed E-state index contributed by atoms with van der Waals surface area (Å²) in [6.45, 7) is 11.9. The lowest BCUT2D eigenvalue weighted by atomic mass is 10.0. The molecule has 0 aliphatic rings. The fourth-order valence-corrected chi connectivity index (χ4v) is 2.06. The van der Waals surface area contributed by atoms with Crippen molar-refractivity contribution in [3.05, 3.63) is 36.2 Å². The van der Waals surface area contributed by atoms with Gasteiger partial charge in [-0.2, -0.15) is 5.10 Å². The standard InChI is InChI=1S/C13H15F2N3S.2C2H6/c1-8(2)17-10-3-4-11(12(5-10)13(14)15)9-6-16-18(19)7-9;2*1-2/h3-8,13,17,19H,1-2H3;2*1-2H3. The maximum atomic E-state index is 13.2. The van der Waals surface area contributed by atoms with E-state index in [0.29, 0.717) is 16.8 Å². The molecule has 0 aliphatic heterocycles. The molecule has 0 atom stereocenters. The van der Waals surface area contributed by atoms with Crippen molar-refractivity contribution in [2.75, 3.05) is 5.32 Å². The maximum absolute atomic E-state index is 13.2. The average Bonchev–Trinajstić information content (AvgIpc) is 2.97. The SMILES string of the molecule is CC.CC.CC(C)Nc1ccc(-c2cnn(S)c2)c(C(F)F)c1. The third-order valence-electron chi connectivity index (χ3n) is 2.62. The minimum Gasteiger partial charge on any atom is -0.383 e. The molecule has 3 nitrogen and oxygen atoms in total. The first-order valence-corrected chi connectivity index (χ1v) is 8.30. The summed E-state index contributed by atoms with van der Waals surface area (Å²) in [5, 5.41) is 7.00. The lowest BCUT2D eigenvalue weighted by molar-refractivity contribution is 0.152. The normalized spacial score (nSPS) is 9.87. The van der Waals surface area contributed by atoms with Crippen LogP contribution in [0.4, 0.5) is 14.5 Å². The first-order chi connectivity index (χ1) is 11.0. The summed E-state index contributed by atoms with van der Waals surface area (Å²) in [6.07, 6.45) is 0.580. The van der Waals surface area contributed by atoms with Gasteiger partial charge < -0.3 is 5.32 Å². The quantitative estimate of drug-likeness (QED) is 0.662. The highest BCUT2D eigenvalue weighted by molar-refractivity contribution is 7.78. The van der Waals surface area contributed by atoms with E-state index in [9.17, 15) is 8.78 Å². The predicted molar refractivity (Wildman–Crippen MR) is 98.5 cm³/mol. The summed E-state index contributed by atoms with van der Waals surface area (Å²) >= 11 is 4.01. The molecule has 0 spiro atoms. The molecule has 0 saturated heterocycles. The van der Waals surface area contributed by atoms with Crippen LogP contribution in [0.2, 0.25) is 0 Å². The first kappa shape index (κ1) is 21.4.